The average molecular weight is 231 g/mol. The van der Waals surface area contributed by atoms with Crippen LogP contribution in [0.2, 0.25) is 5.02 Å². The number of fused-ring (bicyclic) bond motifs is 1. The lowest BCUT2D eigenvalue weighted by Crippen LogP contribution is -1.89. The van der Waals surface area contributed by atoms with Crippen molar-refractivity contribution in [2.75, 3.05) is 6.61 Å². The second kappa shape index (κ2) is 3.75. The highest BCUT2D eigenvalue weighted by molar-refractivity contribution is 7.17. The Morgan fingerprint density at radius 1 is 1.50 bits per heavy atom. The number of hydrogen-bond acceptors (Lipinski definition) is 2. The third kappa shape index (κ3) is 1.47. The van der Waals surface area contributed by atoms with Gasteiger partial charge < -0.3 is 4.74 Å². The van der Waals surface area contributed by atoms with E-state index in [-0.39, 0.29) is 10.8 Å². The van der Waals surface area contributed by atoms with Crippen LogP contribution in [0.4, 0.5) is 4.39 Å². The first kappa shape index (κ1) is 9.74. The van der Waals surface area contributed by atoms with Crippen LogP contribution in [0.3, 0.4) is 0 Å². The Morgan fingerprint density at radius 3 is 3.00 bits per heavy atom. The normalized spacial score (nSPS) is 10.8. The Balaban J connectivity index is 2.64. The van der Waals surface area contributed by atoms with E-state index in [0.717, 1.165) is 11.1 Å². The number of ether oxygens (including phenoxy) is 1. The molecule has 2 rings (SSSR count). The SMILES string of the molecule is CCOc1csc2c(F)c(Cl)ccc12. The molecule has 0 saturated heterocycles. The van der Waals surface area contributed by atoms with Crippen molar-refractivity contribution in [1.82, 2.24) is 0 Å². The fraction of sp³-hybridized carbons (Fsp3) is 0.200. The molecule has 1 nitrogen and oxygen atoms in total. The summed E-state index contributed by atoms with van der Waals surface area (Å²) in [5.74, 6) is 0.364. The minimum Gasteiger partial charge on any atom is -0.492 e. The Bertz CT molecular complexity index is 466. The molecule has 0 saturated carbocycles. The topological polar surface area (TPSA) is 9.23 Å². The lowest BCUT2D eigenvalue weighted by atomic mass is 10.2. The molecule has 1 aromatic heterocycles. The first-order valence-corrected chi connectivity index (χ1v) is 5.47. The molecule has 74 valence electrons. The van der Waals surface area contributed by atoms with Gasteiger partial charge in [-0.05, 0) is 19.1 Å². The minimum absolute atomic E-state index is 0.155. The van der Waals surface area contributed by atoms with Crippen molar-refractivity contribution in [3.8, 4) is 5.75 Å². The Labute approximate surface area is 90.1 Å². The van der Waals surface area contributed by atoms with Crippen LogP contribution < -0.4 is 4.74 Å². The fourth-order valence-electron chi connectivity index (χ4n) is 1.28. The molecule has 0 atom stereocenters. The first-order chi connectivity index (χ1) is 6.74. The van der Waals surface area contributed by atoms with Crippen molar-refractivity contribution >= 4 is 33.0 Å². The number of rotatable bonds is 2. The minimum atomic E-state index is -0.361. The predicted octanol–water partition coefficient (Wildman–Crippen LogP) is 4.09. The van der Waals surface area contributed by atoms with Crippen LogP contribution in [-0.4, -0.2) is 6.61 Å². The summed E-state index contributed by atoms with van der Waals surface area (Å²) in [7, 11) is 0. The van der Waals surface area contributed by atoms with E-state index in [1.165, 1.54) is 11.3 Å². The molecular weight excluding hydrogens is 223 g/mol. The summed E-state index contributed by atoms with van der Waals surface area (Å²) in [6.45, 7) is 2.48. The average Bonchev–Trinajstić information content (AvgIpc) is 2.57. The van der Waals surface area contributed by atoms with Crippen molar-refractivity contribution in [2.24, 2.45) is 0 Å². The van der Waals surface area contributed by atoms with Crippen LogP contribution in [-0.2, 0) is 0 Å². The van der Waals surface area contributed by atoms with E-state index < -0.39 is 0 Å². The maximum absolute atomic E-state index is 13.5. The Hall–Kier alpha value is -0.800. The summed E-state index contributed by atoms with van der Waals surface area (Å²) in [5.41, 5.74) is 0. The highest BCUT2D eigenvalue weighted by Gasteiger charge is 2.11. The monoisotopic (exact) mass is 230 g/mol. The molecule has 0 aliphatic carbocycles. The molecule has 0 fully saturated rings. The molecule has 0 radical (unpaired) electrons. The van der Waals surface area contributed by atoms with Crippen molar-refractivity contribution in [3.05, 3.63) is 28.4 Å². The van der Waals surface area contributed by atoms with Crippen LogP contribution in [0.1, 0.15) is 6.92 Å². The summed E-state index contributed by atoms with van der Waals surface area (Å²) in [4.78, 5) is 0. The van der Waals surface area contributed by atoms with Crippen molar-refractivity contribution in [3.63, 3.8) is 0 Å². The fourth-order valence-corrected chi connectivity index (χ4v) is 2.43. The third-order valence-electron chi connectivity index (χ3n) is 1.90. The van der Waals surface area contributed by atoms with E-state index in [0.29, 0.717) is 11.3 Å². The van der Waals surface area contributed by atoms with E-state index in [2.05, 4.69) is 0 Å². The van der Waals surface area contributed by atoms with Gasteiger partial charge in [0.15, 0.2) is 5.82 Å². The lowest BCUT2D eigenvalue weighted by molar-refractivity contribution is 0.345. The number of hydrogen-bond donors (Lipinski definition) is 0. The molecule has 4 heteroatoms. The van der Waals surface area contributed by atoms with E-state index in [4.69, 9.17) is 16.3 Å². The zero-order valence-corrected chi connectivity index (χ0v) is 9.08. The number of thiophene rings is 1. The zero-order valence-electron chi connectivity index (χ0n) is 7.51. The van der Waals surface area contributed by atoms with Gasteiger partial charge >= 0.3 is 0 Å². The summed E-state index contributed by atoms with van der Waals surface area (Å²) >= 11 is 6.98. The van der Waals surface area contributed by atoms with Gasteiger partial charge in [-0.3, -0.25) is 0 Å². The van der Waals surface area contributed by atoms with E-state index >= 15 is 0 Å². The summed E-state index contributed by atoms with van der Waals surface area (Å²) in [5, 5.41) is 2.74. The van der Waals surface area contributed by atoms with Crippen LogP contribution in [0.5, 0.6) is 5.75 Å². The summed E-state index contributed by atoms with van der Waals surface area (Å²) in [6.07, 6.45) is 0. The van der Waals surface area contributed by atoms with Gasteiger partial charge in [0.05, 0.1) is 16.3 Å². The molecule has 0 bridgehead atoms. The molecule has 0 aliphatic heterocycles. The smallest absolute Gasteiger partial charge is 0.159 e. The quantitative estimate of drug-likeness (QED) is 0.755. The van der Waals surface area contributed by atoms with Gasteiger partial charge in [-0.15, -0.1) is 11.3 Å². The van der Waals surface area contributed by atoms with Gasteiger partial charge in [-0.25, -0.2) is 4.39 Å². The van der Waals surface area contributed by atoms with Crippen LogP contribution in [0.25, 0.3) is 10.1 Å². The molecule has 0 unspecified atom stereocenters. The first-order valence-electron chi connectivity index (χ1n) is 4.22. The molecule has 0 amide bonds. The zero-order chi connectivity index (χ0) is 10.1. The van der Waals surface area contributed by atoms with Gasteiger partial charge in [-0.1, -0.05) is 11.6 Å². The second-order valence-electron chi connectivity index (χ2n) is 2.77. The Kier molecular flexibility index (Phi) is 2.61. The van der Waals surface area contributed by atoms with E-state index in [1.54, 1.807) is 17.5 Å². The largest absolute Gasteiger partial charge is 0.492 e. The summed E-state index contributed by atoms with van der Waals surface area (Å²) < 4.78 is 19.4. The molecule has 1 heterocycles. The van der Waals surface area contributed by atoms with Gasteiger partial charge in [0.1, 0.15) is 5.75 Å². The number of benzene rings is 1. The highest BCUT2D eigenvalue weighted by atomic mass is 35.5. The van der Waals surface area contributed by atoms with Crippen LogP contribution in [0.15, 0.2) is 17.5 Å². The Morgan fingerprint density at radius 2 is 2.29 bits per heavy atom. The molecule has 2 aromatic rings. The van der Waals surface area contributed by atoms with E-state index in [1.807, 2.05) is 6.92 Å². The maximum atomic E-state index is 13.5. The maximum Gasteiger partial charge on any atom is 0.159 e. The van der Waals surface area contributed by atoms with Crippen LogP contribution >= 0.6 is 22.9 Å². The summed E-state index contributed by atoms with van der Waals surface area (Å²) in [6, 6.07) is 3.33. The van der Waals surface area contributed by atoms with Gasteiger partial charge in [0.25, 0.3) is 0 Å². The van der Waals surface area contributed by atoms with Gasteiger partial charge in [-0.2, -0.15) is 0 Å². The highest BCUT2D eigenvalue weighted by Crippen LogP contribution is 2.36. The van der Waals surface area contributed by atoms with Crippen molar-refractivity contribution < 1.29 is 9.13 Å². The molecular formula is C10H8ClFOS. The van der Waals surface area contributed by atoms with E-state index in [9.17, 15) is 4.39 Å². The molecule has 0 N–H and O–H groups in total. The second-order valence-corrected chi connectivity index (χ2v) is 4.06. The predicted molar refractivity (Wildman–Crippen MR) is 58.0 cm³/mol. The third-order valence-corrected chi connectivity index (χ3v) is 3.16. The lowest BCUT2D eigenvalue weighted by Gasteiger charge is -2.00. The molecule has 0 aliphatic rings. The van der Waals surface area contributed by atoms with Crippen LogP contribution in [0, 0.1) is 5.82 Å². The van der Waals surface area contributed by atoms with Crippen molar-refractivity contribution in [1.29, 1.82) is 0 Å². The van der Waals surface area contributed by atoms with Gasteiger partial charge in [0.2, 0.25) is 0 Å². The number of halogens is 2. The standard InChI is InChI=1S/C10H8ClFOS/c1-2-13-8-5-14-10-6(8)3-4-7(11)9(10)12/h3-5H,2H2,1H3. The van der Waals surface area contributed by atoms with Crippen molar-refractivity contribution in [2.45, 2.75) is 6.92 Å². The molecule has 1 aromatic carbocycles. The molecule has 0 spiro atoms. The molecule has 14 heavy (non-hydrogen) atoms. The van der Waals surface area contributed by atoms with Gasteiger partial charge in [0, 0.05) is 10.8 Å².